The van der Waals surface area contributed by atoms with Crippen molar-refractivity contribution >= 4 is 29.0 Å². The molecule has 1 aliphatic rings. The van der Waals surface area contributed by atoms with E-state index in [1.807, 2.05) is 12.1 Å². The number of fused-ring (bicyclic) bond motifs is 1. The Morgan fingerprint density at radius 3 is 2.94 bits per heavy atom. The highest BCUT2D eigenvalue weighted by molar-refractivity contribution is 7.17. The highest BCUT2D eigenvalue weighted by atomic mass is 32.1. The Bertz CT molecular complexity index is 1520. The molecule has 0 saturated heterocycles. The zero-order valence-electron chi connectivity index (χ0n) is 17.6. The summed E-state index contributed by atoms with van der Waals surface area (Å²) in [4.78, 5) is 39.4. The van der Waals surface area contributed by atoms with Gasteiger partial charge in [-0.05, 0) is 38.0 Å². The second-order valence-corrected chi connectivity index (χ2v) is 8.99. The van der Waals surface area contributed by atoms with E-state index in [1.54, 1.807) is 29.8 Å². The number of H-pyrrole nitrogens is 2. The van der Waals surface area contributed by atoms with Crippen molar-refractivity contribution in [1.29, 1.82) is 0 Å². The number of thiophene rings is 1. The molecule has 12 heteroatoms. The number of carbonyl (C=O) groups excluding carboxylic acids is 1. The Morgan fingerprint density at radius 1 is 1.42 bits per heavy atom. The lowest BCUT2D eigenvalue weighted by atomic mass is 10.3. The third kappa shape index (κ3) is 4.43. The van der Waals surface area contributed by atoms with E-state index < -0.39 is 11.8 Å². The van der Waals surface area contributed by atoms with Crippen LogP contribution in [0, 0.1) is 0 Å². The number of aliphatic hydroxyl groups is 1. The summed E-state index contributed by atoms with van der Waals surface area (Å²) in [5.74, 6) is -0.536. The Kier molecular flexibility index (Phi) is 5.30. The van der Waals surface area contributed by atoms with Crippen LogP contribution in [0.3, 0.4) is 0 Å². The number of aliphatic hydroxyl groups excluding tert-OH is 1. The number of nitrogens with one attached hydrogen (secondary N) is 3. The molecule has 4 aromatic heterocycles. The molecule has 5 rings (SSSR count). The van der Waals surface area contributed by atoms with Gasteiger partial charge in [-0.2, -0.15) is 9.61 Å². The molecule has 4 aromatic rings. The van der Waals surface area contributed by atoms with Crippen LogP contribution in [0.15, 0.2) is 34.2 Å². The Morgan fingerprint density at radius 2 is 2.24 bits per heavy atom. The molecule has 170 valence electrons. The average molecular weight is 468 g/mol. The SMILES string of the molecule is CC(O)CNC(=O)c1ccc(-c2cc(=NC3CC3)n3nc/c(=C/c4[nH]c(=O)[nH]c4O)c3n2)s1. The number of carbonyl (C=O) groups is 1. The van der Waals surface area contributed by atoms with Crippen LogP contribution in [0.5, 0.6) is 5.88 Å². The van der Waals surface area contributed by atoms with E-state index in [0.717, 1.165) is 17.7 Å². The number of hydrogen-bond acceptors (Lipinski definition) is 8. The van der Waals surface area contributed by atoms with E-state index in [9.17, 15) is 19.8 Å². The number of rotatable bonds is 6. The van der Waals surface area contributed by atoms with Gasteiger partial charge in [0.2, 0.25) is 5.88 Å². The quantitative estimate of drug-likeness (QED) is 0.266. The van der Waals surface area contributed by atoms with Gasteiger partial charge in [-0.15, -0.1) is 11.3 Å². The van der Waals surface area contributed by atoms with Crippen molar-refractivity contribution in [2.24, 2.45) is 4.99 Å². The van der Waals surface area contributed by atoms with Crippen LogP contribution in [-0.2, 0) is 0 Å². The first-order valence-electron chi connectivity index (χ1n) is 10.4. The van der Waals surface area contributed by atoms with Crippen molar-refractivity contribution < 1.29 is 15.0 Å². The molecule has 0 bridgehead atoms. The first-order valence-corrected chi connectivity index (χ1v) is 11.2. The summed E-state index contributed by atoms with van der Waals surface area (Å²) in [6, 6.07) is 5.61. The van der Waals surface area contributed by atoms with Gasteiger partial charge in [-0.25, -0.2) is 9.78 Å². The first-order chi connectivity index (χ1) is 15.9. The molecule has 0 spiro atoms. The van der Waals surface area contributed by atoms with E-state index in [-0.39, 0.29) is 30.1 Å². The number of amides is 1. The summed E-state index contributed by atoms with van der Waals surface area (Å²) in [6.45, 7) is 1.77. The minimum atomic E-state index is -0.630. The fraction of sp³-hybridized carbons (Fsp3) is 0.286. The molecule has 1 amide bonds. The number of hydrogen-bond donors (Lipinski definition) is 5. The zero-order valence-corrected chi connectivity index (χ0v) is 18.4. The van der Waals surface area contributed by atoms with E-state index in [4.69, 9.17) is 9.98 Å². The summed E-state index contributed by atoms with van der Waals surface area (Å²) in [6.07, 6.45) is 4.58. The summed E-state index contributed by atoms with van der Waals surface area (Å²) in [7, 11) is 0. The lowest BCUT2D eigenvalue weighted by Crippen LogP contribution is -2.29. The van der Waals surface area contributed by atoms with Gasteiger partial charge in [0.05, 0.1) is 33.8 Å². The number of aromatic amines is 2. The largest absolute Gasteiger partial charge is 0.493 e. The van der Waals surface area contributed by atoms with Gasteiger partial charge in [-0.3, -0.25) is 14.8 Å². The van der Waals surface area contributed by atoms with Gasteiger partial charge in [0.15, 0.2) is 11.1 Å². The Hall–Kier alpha value is -3.77. The lowest BCUT2D eigenvalue weighted by Gasteiger charge is -2.05. The molecular weight excluding hydrogens is 446 g/mol. The average Bonchev–Trinajstić information content (AvgIpc) is 3.16. The number of aromatic hydroxyl groups is 1. The fourth-order valence-electron chi connectivity index (χ4n) is 3.25. The van der Waals surface area contributed by atoms with Crippen molar-refractivity contribution in [2.75, 3.05) is 6.54 Å². The van der Waals surface area contributed by atoms with Crippen LogP contribution in [0.25, 0.3) is 22.3 Å². The van der Waals surface area contributed by atoms with E-state index >= 15 is 0 Å². The Balaban J connectivity index is 1.61. The van der Waals surface area contributed by atoms with Crippen molar-refractivity contribution in [3.63, 3.8) is 0 Å². The third-order valence-corrected chi connectivity index (χ3v) is 6.12. The molecule has 1 atom stereocenters. The molecule has 1 unspecified atom stereocenters. The zero-order chi connectivity index (χ0) is 23.1. The highest BCUT2D eigenvalue weighted by Gasteiger charge is 2.21. The monoisotopic (exact) mass is 467 g/mol. The van der Waals surface area contributed by atoms with E-state index in [2.05, 4.69) is 20.4 Å². The van der Waals surface area contributed by atoms with E-state index in [0.29, 0.717) is 26.9 Å². The van der Waals surface area contributed by atoms with Crippen LogP contribution in [0.2, 0.25) is 0 Å². The second-order valence-electron chi connectivity index (χ2n) is 7.90. The normalized spacial score (nSPS) is 15.9. The van der Waals surface area contributed by atoms with Crippen molar-refractivity contribution in [2.45, 2.75) is 31.9 Å². The minimum absolute atomic E-state index is 0.170. The van der Waals surface area contributed by atoms with Crippen LogP contribution in [0.1, 0.15) is 35.1 Å². The fourth-order valence-corrected chi connectivity index (χ4v) is 4.13. The van der Waals surface area contributed by atoms with Crippen LogP contribution in [-0.4, -0.2) is 59.4 Å². The third-order valence-electron chi connectivity index (χ3n) is 5.02. The van der Waals surface area contributed by atoms with Gasteiger partial charge in [0, 0.05) is 17.8 Å². The lowest BCUT2D eigenvalue weighted by molar-refractivity contribution is 0.0928. The predicted molar refractivity (Wildman–Crippen MR) is 121 cm³/mol. The maximum Gasteiger partial charge on any atom is 0.326 e. The van der Waals surface area contributed by atoms with E-state index in [1.165, 1.54) is 11.3 Å². The highest BCUT2D eigenvalue weighted by Crippen LogP contribution is 2.27. The van der Waals surface area contributed by atoms with Crippen molar-refractivity contribution in [1.82, 2.24) is 29.9 Å². The Labute approximate surface area is 190 Å². The molecule has 4 heterocycles. The predicted octanol–water partition coefficient (Wildman–Crippen LogP) is -0.0988. The summed E-state index contributed by atoms with van der Waals surface area (Å²) in [5.41, 5.74) is 1.46. The molecule has 33 heavy (non-hydrogen) atoms. The molecule has 1 aliphatic carbocycles. The molecule has 0 aliphatic heterocycles. The van der Waals surface area contributed by atoms with Gasteiger partial charge in [0.25, 0.3) is 5.91 Å². The molecule has 1 fully saturated rings. The maximum atomic E-state index is 12.4. The molecule has 0 radical (unpaired) electrons. The van der Waals surface area contributed by atoms with Gasteiger partial charge >= 0.3 is 5.69 Å². The van der Waals surface area contributed by atoms with Crippen LogP contribution in [0.4, 0.5) is 0 Å². The second kappa shape index (κ2) is 8.30. The molecule has 5 N–H and O–H groups in total. The first kappa shape index (κ1) is 21.1. The molecule has 1 saturated carbocycles. The molecular formula is C21H21N7O4S. The topological polar surface area (TPSA) is 161 Å². The number of imidazole rings is 1. The van der Waals surface area contributed by atoms with Crippen LogP contribution < -0.4 is 21.7 Å². The standard InChI is InChI=1S/C21H21N7O4S/c1-10(29)8-22-20(31)16-5-4-15(33-16)13-7-17(24-12-2-3-12)28-18(25-13)11(9-23-28)6-14-19(30)27-21(32)26-14/h4-7,9-10,12,29-30H,2-3,8H2,1H3,(H,22,31)(H2,26,27,32)/b11-6-,24-17?. The smallest absolute Gasteiger partial charge is 0.326 e. The summed E-state index contributed by atoms with van der Waals surface area (Å²) >= 11 is 1.29. The van der Waals surface area contributed by atoms with Gasteiger partial charge in [0.1, 0.15) is 5.69 Å². The van der Waals surface area contributed by atoms with Gasteiger partial charge < -0.3 is 20.5 Å². The molecule has 11 nitrogen and oxygen atoms in total. The number of nitrogens with zero attached hydrogens (tertiary/aromatic N) is 4. The van der Waals surface area contributed by atoms with Crippen molar-refractivity contribution in [3.05, 3.63) is 56.2 Å². The number of aromatic nitrogens is 5. The van der Waals surface area contributed by atoms with Gasteiger partial charge in [-0.1, -0.05) is 0 Å². The maximum absolute atomic E-state index is 12.4. The van der Waals surface area contributed by atoms with Crippen LogP contribution >= 0.6 is 11.3 Å². The molecule has 0 aromatic carbocycles. The minimum Gasteiger partial charge on any atom is -0.493 e. The summed E-state index contributed by atoms with van der Waals surface area (Å²) in [5, 5.41) is 27.0. The van der Waals surface area contributed by atoms with Crippen molar-refractivity contribution in [3.8, 4) is 16.5 Å². The summed E-state index contributed by atoms with van der Waals surface area (Å²) < 4.78 is 1.62.